The van der Waals surface area contributed by atoms with E-state index in [4.69, 9.17) is 4.74 Å². The summed E-state index contributed by atoms with van der Waals surface area (Å²) in [5, 5.41) is 0. The average molecular weight is 421 g/mol. The van der Waals surface area contributed by atoms with Crippen LogP contribution in [-0.2, 0) is 10.0 Å². The smallest absolute Gasteiger partial charge is 0.467 e. The van der Waals surface area contributed by atoms with E-state index in [2.05, 4.69) is 19.7 Å². The number of methoxy groups -OCH3 is 1. The number of aromatic nitrogens is 3. The van der Waals surface area contributed by atoms with Crippen molar-refractivity contribution >= 4 is 22.0 Å². The summed E-state index contributed by atoms with van der Waals surface area (Å²) in [6.07, 6.45) is -5.12. The normalized spacial score (nSPS) is 11.6. The number of carbonyl (C=O) groups is 1. The number of anilines is 1. The largest absolute Gasteiger partial charge is 0.573 e. The third kappa shape index (κ3) is 5.18. The highest BCUT2D eigenvalue weighted by Gasteiger charge is 2.34. The van der Waals surface area contributed by atoms with Gasteiger partial charge in [-0.15, -0.1) is 13.2 Å². The number of halogens is 3. The van der Waals surface area contributed by atoms with Crippen LogP contribution in [0.25, 0.3) is 0 Å². The van der Waals surface area contributed by atoms with Gasteiger partial charge in [-0.05, 0) is 19.1 Å². The van der Waals surface area contributed by atoms with E-state index < -0.39 is 33.1 Å². The van der Waals surface area contributed by atoms with Crippen LogP contribution in [0.3, 0.4) is 0 Å². The van der Waals surface area contributed by atoms with Crippen molar-refractivity contribution in [3.05, 3.63) is 30.1 Å². The first-order valence-electron chi connectivity index (χ1n) is 7.35. The molecule has 0 unspecified atom stereocenters. The van der Waals surface area contributed by atoms with Crippen LogP contribution < -0.4 is 19.1 Å². The lowest BCUT2D eigenvalue weighted by Gasteiger charge is -2.18. The van der Waals surface area contributed by atoms with Gasteiger partial charge in [0.1, 0.15) is 16.5 Å². The molecule has 0 radical (unpaired) electrons. The molecule has 0 saturated carbocycles. The van der Waals surface area contributed by atoms with Gasteiger partial charge < -0.3 is 9.47 Å². The van der Waals surface area contributed by atoms with Crippen LogP contribution in [-0.4, -0.2) is 49.9 Å². The molecule has 0 bridgehead atoms. The first-order valence-corrected chi connectivity index (χ1v) is 8.83. The van der Waals surface area contributed by atoms with Crippen LogP contribution in [0.4, 0.5) is 23.9 Å². The Morgan fingerprint density at radius 3 is 2.43 bits per heavy atom. The van der Waals surface area contributed by atoms with Crippen molar-refractivity contribution in [1.29, 1.82) is 0 Å². The molecule has 28 heavy (non-hydrogen) atoms. The van der Waals surface area contributed by atoms with Crippen LogP contribution in [0, 0.1) is 6.92 Å². The van der Waals surface area contributed by atoms with E-state index >= 15 is 0 Å². The lowest BCUT2D eigenvalue weighted by Crippen LogP contribution is -2.41. The second-order valence-electron chi connectivity index (χ2n) is 5.13. The number of para-hydroxylation sites is 1. The Bertz CT molecular complexity index is 984. The standard InChI is InChI=1S/C14H14F3N5O5S/c1-8-18-11(20-12(19-8)26-3)22(2)13(23)21-28(24,25)10-7-5-4-6-9(10)27-14(15,16)17/h4-7H,1-3H3,(H,21,23). The molecule has 0 aliphatic heterocycles. The van der Waals surface area contributed by atoms with Crippen LogP contribution in [0.5, 0.6) is 11.8 Å². The molecule has 1 N–H and O–H groups in total. The van der Waals surface area contributed by atoms with Crippen molar-refractivity contribution in [1.82, 2.24) is 19.7 Å². The summed E-state index contributed by atoms with van der Waals surface area (Å²) < 4.78 is 72.4. The molecule has 10 nitrogen and oxygen atoms in total. The number of aryl methyl sites for hydroxylation is 1. The zero-order chi connectivity index (χ0) is 21.1. The fraction of sp³-hybridized carbons (Fsp3) is 0.286. The Labute approximate surface area is 157 Å². The summed E-state index contributed by atoms with van der Waals surface area (Å²) >= 11 is 0. The molecule has 0 aliphatic carbocycles. The van der Waals surface area contributed by atoms with Crippen LogP contribution >= 0.6 is 0 Å². The molecule has 0 fully saturated rings. The fourth-order valence-electron chi connectivity index (χ4n) is 1.90. The SMILES string of the molecule is COc1nc(C)nc(N(C)C(=O)NS(=O)(=O)c2ccccc2OC(F)(F)F)n1. The molecule has 0 saturated heterocycles. The molecule has 0 atom stereocenters. The van der Waals surface area contributed by atoms with E-state index in [1.54, 1.807) is 4.72 Å². The number of hydrogen-bond acceptors (Lipinski definition) is 8. The predicted molar refractivity (Wildman–Crippen MR) is 88.4 cm³/mol. The van der Waals surface area contributed by atoms with Gasteiger partial charge in [-0.25, -0.2) is 17.9 Å². The maximum absolute atomic E-state index is 12.5. The van der Waals surface area contributed by atoms with Gasteiger partial charge in [0, 0.05) is 7.05 Å². The van der Waals surface area contributed by atoms with Crippen molar-refractivity contribution < 1.29 is 35.9 Å². The van der Waals surface area contributed by atoms with Gasteiger partial charge in [0.25, 0.3) is 10.0 Å². The number of benzene rings is 1. The highest BCUT2D eigenvalue weighted by molar-refractivity contribution is 7.90. The van der Waals surface area contributed by atoms with Crippen molar-refractivity contribution in [2.24, 2.45) is 0 Å². The third-order valence-electron chi connectivity index (χ3n) is 3.09. The van der Waals surface area contributed by atoms with E-state index in [-0.39, 0.29) is 17.8 Å². The quantitative estimate of drug-likeness (QED) is 0.773. The number of nitrogens with zero attached hydrogens (tertiary/aromatic N) is 4. The molecule has 1 aromatic carbocycles. The molecule has 2 amide bonds. The number of rotatable bonds is 5. The second-order valence-corrected chi connectivity index (χ2v) is 6.78. The zero-order valence-electron chi connectivity index (χ0n) is 14.7. The summed E-state index contributed by atoms with van der Waals surface area (Å²) in [5.74, 6) is -1.04. The molecule has 152 valence electrons. The van der Waals surface area contributed by atoms with E-state index in [9.17, 15) is 26.4 Å². The molecule has 14 heteroatoms. The second kappa shape index (κ2) is 7.84. The van der Waals surface area contributed by atoms with Crippen molar-refractivity contribution in [2.45, 2.75) is 18.2 Å². The number of alkyl halides is 3. The Morgan fingerprint density at radius 2 is 1.82 bits per heavy atom. The van der Waals surface area contributed by atoms with Crippen LogP contribution in [0.1, 0.15) is 5.82 Å². The average Bonchev–Trinajstić information content (AvgIpc) is 2.59. The Hall–Kier alpha value is -3.16. The van der Waals surface area contributed by atoms with Crippen molar-refractivity contribution in [2.75, 3.05) is 19.1 Å². The monoisotopic (exact) mass is 421 g/mol. The van der Waals surface area contributed by atoms with Gasteiger partial charge in [-0.3, -0.25) is 4.90 Å². The Kier molecular flexibility index (Phi) is 5.92. The molecule has 1 aromatic heterocycles. The van der Waals surface area contributed by atoms with E-state index in [0.29, 0.717) is 0 Å². The molecule has 2 aromatic rings. The molecular weight excluding hydrogens is 407 g/mol. The molecule has 0 spiro atoms. The molecule has 0 aliphatic rings. The number of hydrogen-bond donors (Lipinski definition) is 1. The number of carbonyl (C=O) groups excluding carboxylic acids is 1. The maximum atomic E-state index is 12.5. The highest BCUT2D eigenvalue weighted by atomic mass is 32.2. The lowest BCUT2D eigenvalue weighted by molar-refractivity contribution is -0.275. The number of amides is 2. The van der Waals surface area contributed by atoms with E-state index in [1.165, 1.54) is 20.1 Å². The molecular formula is C14H14F3N5O5S. The summed E-state index contributed by atoms with van der Waals surface area (Å²) in [5.41, 5.74) is 0. The van der Waals surface area contributed by atoms with Gasteiger partial charge in [0.15, 0.2) is 0 Å². The van der Waals surface area contributed by atoms with Gasteiger partial charge in [-0.2, -0.15) is 15.0 Å². The topological polar surface area (TPSA) is 124 Å². The van der Waals surface area contributed by atoms with Gasteiger partial charge in [0.2, 0.25) is 5.95 Å². The molecule has 2 rings (SSSR count). The summed E-state index contributed by atoms with van der Waals surface area (Å²) in [7, 11) is -2.28. The van der Waals surface area contributed by atoms with E-state index in [0.717, 1.165) is 30.1 Å². The van der Waals surface area contributed by atoms with Gasteiger partial charge in [0.05, 0.1) is 7.11 Å². The van der Waals surface area contributed by atoms with Crippen molar-refractivity contribution in [3.63, 3.8) is 0 Å². The first kappa shape index (κ1) is 21.1. The first-order chi connectivity index (χ1) is 12.9. The summed E-state index contributed by atoms with van der Waals surface area (Å²) in [4.78, 5) is 23.6. The van der Waals surface area contributed by atoms with E-state index in [1.807, 2.05) is 0 Å². The van der Waals surface area contributed by atoms with Gasteiger partial charge in [-0.1, -0.05) is 12.1 Å². The zero-order valence-corrected chi connectivity index (χ0v) is 15.5. The van der Waals surface area contributed by atoms with Gasteiger partial charge >= 0.3 is 18.4 Å². The highest BCUT2D eigenvalue weighted by Crippen LogP contribution is 2.29. The third-order valence-corrected chi connectivity index (χ3v) is 4.45. The van der Waals surface area contributed by atoms with Crippen molar-refractivity contribution in [3.8, 4) is 11.8 Å². The maximum Gasteiger partial charge on any atom is 0.573 e. The minimum atomic E-state index is -5.12. The lowest BCUT2D eigenvalue weighted by atomic mass is 10.3. The minimum Gasteiger partial charge on any atom is -0.467 e. The number of ether oxygens (including phenoxy) is 2. The summed E-state index contributed by atoms with van der Waals surface area (Å²) in [6, 6.07) is 2.63. The van der Waals surface area contributed by atoms with Crippen LogP contribution in [0.2, 0.25) is 0 Å². The fourth-order valence-corrected chi connectivity index (χ4v) is 3.00. The number of urea groups is 1. The molecule has 1 heterocycles. The Balaban J connectivity index is 2.30. The summed E-state index contributed by atoms with van der Waals surface area (Å²) in [6.45, 7) is 1.49. The number of nitrogens with one attached hydrogen (secondary N) is 1. The minimum absolute atomic E-state index is 0.117. The van der Waals surface area contributed by atoms with Crippen LogP contribution in [0.15, 0.2) is 29.2 Å². The Morgan fingerprint density at radius 1 is 1.18 bits per heavy atom. The number of sulfonamides is 1. The predicted octanol–water partition coefficient (Wildman–Crippen LogP) is 1.62.